The molecule has 1 rings (SSSR count). The molecule has 0 aliphatic heterocycles. The molecule has 0 spiro atoms. The van der Waals surface area contributed by atoms with E-state index in [1.54, 1.807) is 0 Å². The average molecular weight is 235 g/mol. The van der Waals surface area contributed by atoms with Gasteiger partial charge in [-0.25, -0.2) is 0 Å². The summed E-state index contributed by atoms with van der Waals surface area (Å²) in [6.45, 7) is 9.38. The van der Waals surface area contributed by atoms with Crippen LogP contribution in [0.1, 0.15) is 39.2 Å². The van der Waals surface area contributed by atoms with E-state index in [9.17, 15) is 0 Å². The molecule has 0 heterocycles. The van der Waals surface area contributed by atoms with Gasteiger partial charge in [-0.3, -0.25) is 0 Å². The Bertz CT molecular complexity index is 310. The molecule has 0 unspecified atom stereocenters. The van der Waals surface area contributed by atoms with E-state index in [0.717, 1.165) is 38.3 Å². The lowest BCUT2D eigenvalue weighted by Gasteiger charge is -2.12. The molecule has 1 N–H and O–H groups in total. The number of ether oxygens (including phenoxy) is 1. The summed E-state index contributed by atoms with van der Waals surface area (Å²) in [4.78, 5) is 0. The molecule has 96 valence electrons. The standard InChI is InChI=1S/C15H25NO/c1-4-10-16-12-14-7-5-6-8-15(14)17-11-9-13(2)3/h5-8,13,16H,4,9-12H2,1-3H3. The van der Waals surface area contributed by atoms with Crippen molar-refractivity contribution in [2.45, 2.75) is 40.2 Å². The predicted octanol–water partition coefficient (Wildman–Crippen LogP) is 3.61. The van der Waals surface area contributed by atoms with Gasteiger partial charge in [-0.05, 0) is 31.4 Å². The third-order valence-corrected chi connectivity index (χ3v) is 2.67. The fourth-order valence-electron chi connectivity index (χ4n) is 1.60. The summed E-state index contributed by atoms with van der Waals surface area (Å²) in [6.07, 6.45) is 2.27. The zero-order chi connectivity index (χ0) is 12.5. The van der Waals surface area contributed by atoms with Crippen LogP contribution in [0.4, 0.5) is 0 Å². The molecule has 0 radical (unpaired) electrons. The van der Waals surface area contributed by atoms with Crippen molar-refractivity contribution in [1.29, 1.82) is 0 Å². The average Bonchev–Trinajstić information content (AvgIpc) is 2.31. The maximum absolute atomic E-state index is 5.84. The van der Waals surface area contributed by atoms with Crippen LogP contribution in [0.3, 0.4) is 0 Å². The van der Waals surface area contributed by atoms with Crippen molar-refractivity contribution in [2.24, 2.45) is 5.92 Å². The zero-order valence-electron chi connectivity index (χ0n) is 11.3. The van der Waals surface area contributed by atoms with Gasteiger partial charge in [0.15, 0.2) is 0 Å². The second-order valence-electron chi connectivity index (χ2n) is 4.82. The Hall–Kier alpha value is -1.02. The number of nitrogens with one attached hydrogen (secondary N) is 1. The third kappa shape index (κ3) is 5.73. The molecular formula is C15H25NO. The lowest BCUT2D eigenvalue weighted by atomic mass is 10.1. The maximum Gasteiger partial charge on any atom is 0.123 e. The number of para-hydroxylation sites is 1. The van der Waals surface area contributed by atoms with Gasteiger partial charge < -0.3 is 10.1 Å². The molecule has 17 heavy (non-hydrogen) atoms. The Morgan fingerprint density at radius 2 is 2.00 bits per heavy atom. The van der Waals surface area contributed by atoms with Crippen LogP contribution in [0, 0.1) is 5.92 Å². The van der Waals surface area contributed by atoms with Crippen molar-refractivity contribution in [3.8, 4) is 5.75 Å². The van der Waals surface area contributed by atoms with E-state index in [4.69, 9.17) is 4.74 Å². The van der Waals surface area contributed by atoms with Crippen LogP contribution in [0.2, 0.25) is 0 Å². The minimum atomic E-state index is 0.695. The number of hydrogen-bond donors (Lipinski definition) is 1. The predicted molar refractivity (Wildman–Crippen MR) is 73.4 cm³/mol. The van der Waals surface area contributed by atoms with Crippen molar-refractivity contribution in [3.63, 3.8) is 0 Å². The summed E-state index contributed by atoms with van der Waals surface area (Å²) in [7, 11) is 0. The second kappa shape index (κ2) is 8.13. The van der Waals surface area contributed by atoms with Gasteiger partial charge in [-0.1, -0.05) is 39.0 Å². The lowest BCUT2D eigenvalue weighted by Crippen LogP contribution is -2.15. The van der Waals surface area contributed by atoms with E-state index >= 15 is 0 Å². The molecule has 2 nitrogen and oxygen atoms in total. The summed E-state index contributed by atoms with van der Waals surface area (Å²) in [5, 5.41) is 3.41. The first-order valence-corrected chi connectivity index (χ1v) is 6.65. The Morgan fingerprint density at radius 1 is 1.24 bits per heavy atom. The fourth-order valence-corrected chi connectivity index (χ4v) is 1.60. The van der Waals surface area contributed by atoms with Crippen LogP contribution < -0.4 is 10.1 Å². The van der Waals surface area contributed by atoms with E-state index in [1.165, 1.54) is 5.56 Å². The van der Waals surface area contributed by atoms with E-state index in [2.05, 4.69) is 44.3 Å². The van der Waals surface area contributed by atoms with Crippen LogP contribution >= 0.6 is 0 Å². The minimum absolute atomic E-state index is 0.695. The van der Waals surface area contributed by atoms with Gasteiger partial charge >= 0.3 is 0 Å². The molecule has 1 aromatic carbocycles. The highest BCUT2D eigenvalue weighted by Gasteiger charge is 2.02. The van der Waals surface area contributed by atoms with E-state index < -0.39 is 0 Å². The second-order valence-corrected chi connectivity index (χ2v) is 4.82. The molecule has 0 amide bonds. The Labute approximate surface area is 105 Å². The normalized spacial score (nSPS) is 10.8. The molecule has 1 aromatic rings. The molecule has 0 saturated heterocycles. The third-order valence-electron chi connectivity index (χ3n) is 2.67. The molecular weight excluding hydrogens is 210 g/mol. The van der Waals surface area contributed by atoms with Crippen LogP contribution in [-0.4, -0.2) is 13.2 Å². The van der Waals surface area contributed by atoms with Gasteiger partial charge in [0.05, 0.1) is 6.61 Å². The molecule has 0 fully saturated rings. The van der Waals surface area contributed by atoms with Crippen molar-refractivity contribution >= 4 is 0 Å². The summed E-state index contributed by atoms with van der Waals surface area (Å²) in [5.41, 5.74) is 1.25. The Kier molecular flexibility index (Phi) is 6.71. The monoisotopic (exact) mass is 235 g/mol. The smallest absolute Gasteiger partial charge is 0.123 e. The highest BCUT2D eigenvalue weighted by Crippen LogP contribution is 2.18. The fraction of sp³-hybridized carbons (Fsp3) is 0.600. The Morgan fingerprint density at radius 3 is 2.71 bits per heavy atom. The van der Waals surface area contributed by atoms with E-state index in [1.807, 2.05) is 6.07 Å². The van der Waals surface area contributed by atoms with Crippen LogP contribution in [0.5, 0.6) is 5.75 Å². The summed E-state index contributed by atoms with van der Waals surface area (Å²) < 4.78 is 5.84. The topological polar surface area (TPSA) is 21.3 Å². The van der Waals surface area contributed by atoms with Gasteiger partial charge in [-0.2, -0.15) is 0 Å². The van der Waals surface area contributed by atoms with E-state index in [-0.39, 0.29) is 0 Å². The first kappa shape index (κ1) is 14.0. The first-order chi connectivity index (χ1) is 8.24. The summed E-state index contributed by atoms with van der Waals surface area (Å²) in [5.74, 6) is 1.72. The highest BCUT2D eigenvalue weighted by atomic mass is 16.5. The van der Waals surface area contributed by atoms with E-state index in [0.29, 0.717) is 5.92 Å². The molecule has 0 bridgehead atoms. The molecule has 0 aliphatic rings. The van der Waals surface area contributed by atoms with Crippen LogP contribution in [0.25, 0.3) is 0 Å². The quantitative estimate of drug-likeness (QED) is 0.695. The lowest BCUT2D eigenvalue weighted by molar-refractivity contribution is 0.286. The summed E-state index contributed by atoms with van der Waals surface area (Å²) in [6, 6.07) is 8.29. The van der Waals surface area contributed by atoms with Gasteiger partial charge in [0.1, 0.15) is 5.75 Å². The van der Waals surface area contributed by atoms with Crippen molar-refractivity contribution in [3.05, 3.63) is 29.8 Å². The van der Waals surface area contributed by atoms with Crippen molar-refractivity contribution in [2.75, 3.05) is 13.2 Å². The highest BCUT2D eigenvalue weighted by molar-refractivity contribution is 5.33. The molecule has 0 aliphatic carbocycles. The molecule has 0 aromatic heterocycles. The van der Waals surface area contributed by atoms with Crippen molar-refractivity contribution in [1.82, 2.24) is 5.32 Å². The Balaban J connectivity index is 2.46. The van der Waals surface area contributed by atoms with Gasteiger partial charge in [-0.15, -0.1) is 0 Å². The largest absolute Gasteiger partial charge is 0.493 e. The number of hydrogen-bond acceptors (Lipinski definition) is 2. The van der Waals surface area contributed by atoms with Gasteiger partial charge in [0.25, 0.3) is 0 Å². The van der Waals surface area contributed by atoms with Gasteiger partial charge in [0, 0.05) is 12.1 Å². The molecule has 0 saturated carbocycles. The van der Waals surface area contributed by atoms with Crippen molar-refractivity contribution < 1.29 is 4.74 Å². The zero-order valence-corrected chi connectivity index (χ0v) is 11.3. The van der Waals surface area contributed by atoms with Gasteiger partial charge in [0.2, 0.25) is 0 Å². The minimum Gasteiger partial charge on any atom is -0.493 e. The summed E-state index contributed by atoms with van der Waals surface area (Å²) >= 11 is 0. The van der Waals surface area contributed by atoms with Crippen LogP contribution in [0.15, 0.2) is 24.3 Å². The SMILES string of the molecule is CCCNCc1ccccc1OCCC(C)C. The number of rotatable bonds is 8. The molecule has 0 atom stereocenters. The van der Waals surface area contributed by atoms with Crippen LogP contribution in [-0.2, 0) is 6.54 Å². The maximum atomic E-state index is 5.84. The number of benzene rings is 1. The molecule has 2 heteroatoms. The first-order valence-electron chi connectivity index (χ1n) is 6.65.